The highest BCUT2D eigenvalue weighted by Crippen LogP contribution is 2.23. The molecule has 0 saturated heterocycles. The summed E-state index contributed by atoms with van der Waals surface area (Å²) < 4.78 is 1.53. The smallest absolute Gasteiger partial charge is 0.358 e. The molecule has 2 rings (SSSR count). The SMILES string of the molecule is O=C(O)c1cn(CCNCC2CCC(O)CC2)nn1. The Labute approximate surface area is 111 Å². The van der Waals surface area contributed by atoms with Crippen LogP contribution in [0, 0.1) is 5.92 Å². The monoisotopic (exact) mass is 268 g/mol. The molecule has 1 fully saturated rings. The summed E-state index contributed by atoms with van der Waals surface area (Å²) >= 11 is 0. The van der Waals surface area contributed by atoms with Crippen molar-refractivity contribution in [1.29, 1.82) is 0 Å². The van der Waals surface area contributed by atoms with Gasteiger partial charge in [0.2, 0.25) is 0 Å². The molecule has 0 amide bonds. The van der Waals surface area contributed by atoms with Gasteiger partial charge in [-0.25, -0.2) is 4.79 Å². The highest BCUT2D eigenvalue weighted by Gasteiger charge is 2.18. The van der Waals surface area contributed by atoms with Crippen LogP contribution >= 0.6 is 0 Å². The summed E-state index contributed by atoms with van der Waals surface area (Å²) in [4.78, 5) is 10.6. The van der Waals surface area contributed by atoms with Crippen molar-refractivity contribution in [3.63, 3.8) is 0 Å². The van der Waals surface area contributed by atoms with Crippen LogP contribution in [-0.2, 0) is 6.54 Å². The number of carboxylic acid groups (broad SMARTS) is 1. The van der Waals surface area contributed by atoms with Crippen LogP contribution in [0.15, 0.2) is 6.20 Å². The number of carbonyl (C=O) groups is 1. The van der Waals surface area contributed by atoms with Gasteiger partial charge in [0, 0.05) is 6.54 Å². The van der Waals surface area contributed by atoms with Crippen molar-refractivity contribution in [1.82, 2.24) is 20.3 Å². The van der Waals surface area contributed by atoms with Crippen LogP contribution in [0.25, 0.3) is 0 Å². The fourth-order valence-electron chi connectivity index (χ4n) is 2.35. The van der Waals surface area contributed by atoms with Gasteiger partial charge in [-0.2, -0.15) is 0 Å². The van der Waals surface area contributed by atoms with Crippen molar-refractivity contribution in [2.75, 3.05) is 13.1 Å². The van der Waals surface area contributed by atoms with Gasteiger partial charge in [0.25, 0.3) is 0 Å². The Morgan fingerprint density at radius 3 is 2.79 bits per heavy atom. The maximum atomic E-state index is 10.6. The molecule has 1 aromatic heterocycles. The van der Waals surface area contributed by atoms with Crippen LogP contribution in [0.5, 0.6) is 0 Å². The molecular weight excluding hydrogens is 248 g/mol. The third-order valence-corrected chi connectivity index (χ3v) is 3.52. The maximum Gasteiger partial charge on any atom is 0.358 e. The lowest BCUT2D eigenvalue weighted by Crippen LogP contribution is -2.30. The number of rotatable bonds is 6. The van der Waals surface area contributed by atoms with Crippen LogP contribution in [0.2, 0.25) is 0 Å². The molecule has 0 spiro atoms. The Kier molecular flexibility index (Phi) is 4.86. The Bertz CT molecular complexity index is 413. The molecule has 0 bridgehead atoms. The predicted octanol–water partition coefficient (Wildman–Crippen LogP) is 0.117. The van der Waals surface area contributed by atoms with Crippen molar-refractivity contribution in [3.8, 4) is 0 Å². The number of nitrogens with zero attached hydrogens (tertiary/aromatic N) is 3. The topological polar surface area (TPSA) is 100 Å². The molecule has 7 nitrogen and oxygen atoms in total. The Morgan fingerprint density at radius 1 is 1.42 bits per heavy atom. The molecule has 3 N–H and O–H groups in total. The van der Waals surface area contributed by atoms with Crippen LogP contribution in [-0.4, -0.2) is 50.4 Å². The van der Waals surface area contributed by atoms with Crippen LogP contribution in [0.1, 0.15) is 36.2 Å². The number of aromatic nitrogens is 3. The molecule has 0 aliphatic heterocycles. The van der Waals surface area contributed by atoms with E-state index in [1.165, 1.54) is 10.9 Å². The van der Waals surface area contributed by atoms with Crippen molar-refractivity contribution in [3.05, 3.63) is 11.9 Å². The van der Waals surface area contributed by atoms with Gasteiger partial charge in [-0.1, -0.05) is 5.21 Å². The fourth-order valence-corrected chi connectivity index (χ4v) is 2.35. The van der Waals surface area contributed by atoms with E-state index < -0.39 is 5.97 Å². The summed E-state index contributed by atoms with van der Waals surface area (Å²) in [5.74, 6) is -0.423. The summed E-state index contributed by atoms with van der Waals surface area (Å²) in [7, 11) is 0. The first kappa shape index (κ1) is 14.0. The molecule has 0 atom stereocenters. The Morgan fingerprint density at radius 2 is 2.16 bits per heavy atom. The van der Waals surface area contributed by atoms with Gasteiger partial charge in [-0.05, 0) is 38.1 Å². The lowest BCUT2D eigenvalue weighted by molar-refractivity contribution is 0.0690. The number of aromatic carboxylic acids is 1. The van der Waals surface area contributed by atoms with Gasteiger partial charge in [0.05, 0.1) is 18.8 Å². The lowest BCUT2D eigenvalue weighted by Gasteiger charge is -2.25. The molecule has 0 aromatic carbocycles. The second-order valence-electron chi connectivity index (χ2n) is 5.05. The van der Waals surface area contributed by atoms with Crippen molar-refractivity contribution < 1.29 is 15.0 Å². The third kappa shape index (κ3) is 4.29. The maximum absolute atomic E-state index is 10.6. The minimum atomic E-state index is -1.06. The van der Waals surface area contributed by atoms with E-state index in [1.807, 2.05) is 0 Å². The van der Waals surface area contributed by atoms with E-state index >= 15 is 0 Å². The summed E-state index contributed by atoms with van der Waals surface area (Å²) in [5.41, 5.74) is -0.0266. The van der Waals surface area contributed by atoms with E-state index in [9.17, 15) is 9.90 Å². The molecule has 106 valence electrons. The number of nitrogens with one attached hydrogen (secondary N) is 1. The van der Waals surface area contributed by atoms with Gasteiger partial charge in [-0.3, -0.25) is 4.68 Å². The van der Waals surface area contributed by atoms with Crippen molar-refractivity contribution in [2.45, 2.75) is 38.3 Å². The highest BCUT2D eigenvalue weighted by molar-refractivity contribution is 5.84. The largest absolute Gasteiger partial charge is 0.476 e. The normalized spacial score (nSPS) is 23.4. The highest BCUT2D eigenvalue weighted by atomic mass is 16.4. The van der Waals surface area contributed by atoms with E-state index in [0.29, 0.717) is 12.5 Å². The zero-order valence-corrected chi connectivity index (χ0v) is 10.8. The van der Waals surface area contributed by atoms with Crippen LogP contribution < -0.4 is 5.32 Å². The third-order valence-electron chi connectivity index (χ3n) is 3.52. The quantitative estimate of drug-likeness (QED) is 0.633. The Balaban J connectivity index is 1.62. The number of hydrogen-bond acceptors (Lipinski definition) is 5. The van der Waals surface area contributed by atoms with E-state index in [1.54, 1.807) is 0 Å². The molecule has 0 radical (unpaired) electrons. The number of aliphatic hydroxyl groups is 1. The predicted molar refractivity (Wildman–Crippen MR) is 67.8 cm³/mol. The van der Waals surface area contributed by atoms with Gasteiger partial charge < -0.3 is 15.5 Å². The summed E-state index contributed by atoms with van der Waals surface area (Å²) in [6.45, 7) is 2.28. The second kappa shape index (κ2) is 6.63. The van der Waals surface area contributed by atoms with Crippen LogP contribution in [0.3, 0.4) is 0 Å². The van der Waals surface area contributed by atoms with E-state index in [2.05, 4.69) is 15.6 Å². The zero-order chi connectivity index (χ0) is 13.7. The van der Waals surface area contributed by atoms with E-state index in [4.69, 9.17) is 5.11 Å². The number of carboxylic acids is 1. The average molecular weight is 268 g/mol. The van der Waals surface area contributed by atoms with Gasteiger partial charge in [0.15, 0.2) is 5.69 Å². The molecule has 1 saturated carbocycles. The minimum Gasteiger partial charge on any atom is -0.476 e. The Hall–Kier alpha value is -1.47. The summed E-state index contributed by atoms with van der Waals surface area (Å²) in [6.07, 6.45) is 5.26. The number of hydrogen-bond donors (Lipinski definition) is 3. The van der Waals surface area contributed by atoms with Gasteiger partial charge >= 0.3 is 5.97 Å². The first-order valence-corrected chi connectivity index (χ1v) is 6.67. The first-order valence-electron chi connectivity index (χ1n) is 6.67. The molecule has 1 aromatic rings. The molecule has 1 heterocycles. The molecule has 0 unspecified atom stereocenters. The summed E-state index contributed by atoms with van der Waals surface area (Å²) in [5, 5.41) is 28.8. The van der Waals surface area contributed by atoms with Crippen molar-refractivity contribution in [2.24, 2.45) is 5.92 Å². The van der Waals surface area contributed by atoms with Crippen LogP contribution in [0.4, 0.5) is 0 Å². The van der Waals surface area contributed by atoms with Gasteiger partial charge in [-0.15, -0.1) is 5.10 Å². The molecular formula is C12H20N4O3. The molecule has 1 aliphatic carbocycles. The van der Waals surface area contributed by atoms with Crippen molar-refractivity contribution >= 4 is 5.97 Å². The molecule has 7 heteroatoms. The van der Waals surface area contributed by atoms with Gasteiger partial charge in [0.1, 0.15) is 0 Å². The molecule has 19 heavy (non-hydrogen) atoms. The zero-order valence-electron chi connectivity index (χ0n) is 10.8. The fraction of sp³-hybridized carbons (Fsp3) is 0.750. The van der Waals surface area contributed by atoms with E-state index in [-0.39, 0.29) is 11.8 Å². The number of aliphatic hydroxyl groups excluding tert-OH is 1. The minimum absolute atomic E-state index is 0.0266. The summed E-state index contributed by atoms with van der Waals surface area (Å²) in [6, 6.07) is 0. The second-order valence-corrected chi connectivity index (χ2v) is 5.05. The van der Waals surface area contributed by atoms with E-state index in [0.717, 1.165) is 38.8 Å². The standard InChI is InChI=1S/C12H20N4O3/c17-10-3-1-9(2-4-10)7-13-5-6-16-8-11(12(18)19)14-15-16/h8-10,13,17H,1-7H2,(H,18,19). The first-order chi connectivity index (χ1) is 9.15. The lowest BCUT2D eigenvalue weighted by atomic mass is 9.87. The molecule has 1 aliphatic rings. The average Bonchev–Trinajstić information content (AvgIpc) is 2.86.